The lowest BCUT2D eigenvalue weighted by Crippen LogP contribution is -2.08. The van der Waals surface area contributed by atoms with Gasteiger partial charge in [-0.15, -0.1) is 0 Å². The molecule has 2 N–H and O–H groups in total. The molecule has 2 aromatic rings. The summed E-state index contributed by atoms with van der Waals surface area (Å²) in [6, 6.07) is 8.29. The van der Waals surface area contributed by atoms with Crippen molar-refractivity contribution in [1.29, 1.82) is 0 Å². The standard InChI is InChI=1S/C13H15FN4/c1-9(10-4-3-5-11(14)6-10)18-13-7-12(15-2)16-8-17-13/h3-9H,1-2H3,(H2,15,16,17,18). The molecule has 4 nitrogen and oxygen atoms in total. The molecule has 1 aromatic heterocycles. The molecule has 1 heterocycles. The maximum absolute atomic E-state index is 13.1. The van der Waals surface area contributed by atoms with Gasteiger partial charge in [0.05, 0.1) is 6.04 Å². The van der Waals surface area contributed by atoms with E-state index in [1.54, 1.807) is 19.2 Å². The largest absolute Gasteiger partial charge is 0.373 e. The molecule has 0 radical (unpaired) electrons. The summed E-state index contributed by atoms with van der Waals surface area (Å²) in [6.45, 7) is 1.95. The van der Waals surface area contributed by atoms with Crippen LogP contribution in [0.1, 0.15) is 18.5 Å². The Balaban J connectivity index is 2.13. The number of hydrogen-bond acceptors (Lipinski definition) is 4. The molecule has 0 spiro atoms. The van der Waals surface area contributed by atoms with Gasteiger partial charge in [-0.05, 0) is 24.6 Å². The molecule has 5 heteroatoms. The van der Waals surface area contributed by atoms with Gasteiger partial charge in [0.25, 0.3) is 0 Å². The van der Waals surface area contributed by atoms with Crippen LogP contribution in [0.15, 0.2) is 36.7 Å². The molecule has 1 aromatic carbocycles. The van der Waals surface area contributed by atoms with Crippen molar-refractivity contribution in [3.05, 3.63) is 48.0 Å². The van der Waals surface area contributed by atoms with Gasteiger partial charge in [-0.3, -0.25) is 0 Å². The van der Waals surface area contributed by atoms with E-state index in [1.165, 1.54) is 18.5 Å². The summed E-state index contributed by atoms with van der Waals surface area (Å²) in [5.74, 6) is 1.20. The molecule has 0 aliphatic rings. The quantitative estimate of drug-likeness (QED) is 0.871. The zero-order chi connectivity index (χ0) is 13.0. The molecule has 1 atom stereocenters. The molecule has 94 valence electrons. The first-order chi connectivity index (χ1) is 8.69. The van der Waals surface area contributed by atoms with E-state index in [0.717, 1.165) is 11.4 Å². The van der Waals surface area contributed by atoms with Crippen LogP contribution in [-0.2, 0) is 0 Å². The van der Waals surface area contributed by atoms with Crippen LogP contribution in [0, 0.1) is 5.82 Å². The van der Waals surface area contributed by atoms with E-state index < -0.39 is 0 Å². The average Bonchev–Trinajstić information content (AvgIpc) is 2.39. The Kier molecular flexibility index (Phi) is 3.72. The first-order valence-corrected chi connectivity index (χ1v) is 5.71. The zero-order valence-corrected chi connectivity index (χ0v) is 10.3. The number of benzene rings is 1. The van der Waals surface area contributed by atoms with Crippen LogP contribution in [0.25, 0.3) is 0 Å². The normalized spacial score (nSPS) is 11.9. The van der Waals surface area contributed by atoms with Crippen LogP contribution >= 0.6 is 0 Å². The van der Waals surface area contributed by atoms with Gasteiger partial charge < -0.3 is 10.6 Å². The van der Waals surface area contributed by atoms with Crippen LogP contribution in [0.5, 0.6) is 0 Å². The number of anilines is 2. The van der Waals surface area contributed by atoms with Crippen molar-refractivity contribution >= 4 is 11.6 Å². The van der Waals surface area contributed by atoms with E-state index in [0.29, 0.717) is 5.82 Å². The van der Waals surface area contributed by atoms with Gasteiger partial charge in [0, 0.05) is 13.1 Å². The van der Waals surface area contributed by atoms with E-state index in [2.05, 4.69) is 20.6 Å². The molecular formula is C13H15FN4. The van der Waals surface area contributed by atoms with Crippen molar-refractivity contribution in [2.45, 2.75) is 13.0 Å². The van der Waals surface area contributed by atoms with Crippen LogP contribution in [0.3, 0.4) is 0 Å². The molecule has 0 aliphatic heterocycles. The van der Waals surface area contributed by atoms with Crippen molar-refractivity contribution in [3.63, 3.8) is 0 Å². The first-order valence-electron chi connectivity index (χ1n) is 5.71. The average molecular weight is 246 g/mol. The predicted octanol–water partition coefficient (Wildman–Crippen LogP) is 2.83. The minimum Gasteiger partial charge on any atom is -0.373 e. The molecular weight excluding hydrogens is 231 g/mol. The number of hydrogen-bond donors (Lipinski definition) is 2. The monoisotopic (exact) mass is 246 g/mol. The molecule has 0 bridgehead atoms. The minimum atomic E-state index is -0.236. The van der Waals surface area contributed by atoms with Crippen molar-refractivity contribution in [1.82, 2.24) is 9.97 Å². The van der Waals surface area contributed by atoms with Crippen molar-refractivity contribution < 1.29 is 4.39 Å². The fraction of sp³-hybridized carbons (Fsp3) is 0.231. The molecule has 0 aliphatic carbocycles. The van der Waals surface area contributed by atoms with Crippen molar-refractivity contribution in [2.24, 2.45) is 0 Å². The molecule has 1 unspecified atom stereocenters. The number of aromatic nitrogens is 2. The molecule has 2 rings (SSSR count). The SMILES string of the molecule is CNc1cc(NC(C)c2cccc(F)c2)ncn1. The molecule has 18 heavy (non-hydrogen) atoms. The number of nitrogens with zero attached hydrogens (tertiary/aromatic N) is 2. The van der Waals surface area contributed by atoms with Crippen molar-refractivity contribution in [3.8, 4) is 0 Å². The second-order valence-corrected chi connectivity index (χ2v) is 3.96. The Morgan fingerprint density at radius 1 is 1.17 bits per heavy atom. The topological polar surface area (TPSA) is 49.8 Å². The van der Waals surface area contributed by atoms with Gasteiger partial charge in [-0.25, -0.2) is 14.4 Å². The highest BCUT2D eigenvalue weighted by atomic mass is 19.1. The van der Waals surface area contributed by atoms with Crippen LogP contribution in [0.4, 0.5) is 16.0 Å². The van der Waals surface area contributed by atoms with Crippen LogP contribution in [-0.4, -0.2) is 17.0 Å². The lowest BCUT2D eigenvalue weighted by atomic mass is 10.1. The van der Waals surface area contributed by atoms with Crippen LogP contribution < -0.4 is 10.6 Å². The highest BCUT2D eigenvalue weighted by molar-refractivity contribution is 5.47. The van der Waals surface area contributed by atoms with Gasteiger partial charge in [-0.1, -0.05) is 12.1 Å². The Morgan fingerprint density at radius 3 is 2.67 bits per heavy atom. The number of nitrogens with one attached hydrogen (secondary N) is 2. The Labute approximate surface area is 105 Å². The second-order valence-electron chi connectivity index (χ2n) is 3.96. The lowest BCUT2D eigenvalue weighted by molar-refractivity contribution is 0.623. The fourth-order valence-corrected chi connectivity index (χ4v) is 1.65. The summed E-state index contributed by atoms with van der Waals surface area (Å²) in [4.78, 5) is 8.15. The highest BCUT2D eigenvalue weighted by Gasteiger charge is 2.07. The van der Waals surface area contributed by atoms with Gasteiger partial charge in [0.15, 0.2) is 0 Å². The molecule has 0 amide bonds. The smallest absolute Gasteiger partial charge is 0.131 e. The predicted molar refractivity (Wildman–Crippen MR) is 70.0 cm³/mol. The third-order valence-corrected chi connectivity index (χ3v) is 2.64. The minimum absolute atomic E-state index is 0.0275. The number of rotatable bonds is 4. The highest BCUT2D eigenvalue weighted by Crippen LogP contribution is 2.19. The summed E-state index contributed by atoms with van der Waals surface area (Å²) >= 11 is 0. The molecule has 0 saturated carbocycles. The number of halogens is 1. The summed E-state index contributed by atoms with van der Waals surface area (Å²) in [7, 11) is 1.79. The zero-order valence-electron chi connectivity index (χ0n) is 10.3. The van der Waals surface area contributed by atoms with E-state index in [4.69, 9.17) is 0 Å². The molecule has 0 saturated heterocycles. The Hall–Kier alpha value is -2.17. The Morgan fingerprint density at radius 2 is 1.94 bits per heavy atom. The van der Waals surface area contributed by atoms with E-state index >= 15 is 0 Å². The summed E-state index contributed by atoms with van der Waals surface area (Å²) in [5.41, 5.74) is 0.875. The summed E-state index contributed by atoms with van der Waals surface area (Å²) < 4.78 is 13.1. The van der Waals surface area contributed by atoms with E-state index in [-0.39, 0.29) is 11.9 Å². The van der Waals surface area contributed by atoms with E-state index in [1.807, 2.05) is 13.0 Å². The third-order valence-electron chi connectivity index (χ3n) is 2.64. The first kappa shape index (κ1) is 12.3. The van der Waals surface area contributed by atoms with Gasteiger partial charge in [0.1, 0.15) is 23.8 Å². The lowest BCUT2D eigenvalue weighted by Gasteiger charge is -2.15. The maximum atomic E-state index is 13.1. The second kappa shape index (κ2) is 5.44. The maximum Gasteiger partial charge on any atom is 0.131 e. The van der Waals surface area contributed by atoms with Crippen LogP contribution in [0.2, 0.25) is 0 Å². The van der Waals surface area contributed by atoms with Gasteiger partial charge >= 0.3 is 0 Å². The van der Waals surface area contributed by atoms with Crippen molar-refractivity contribution in [2.75, 3.05) is 17.7 Å². The fourth-order valence-electron chi connectivity index (χ4n) is 1.65. The van der Waals surface area contributed by atoms with E-state index in [9.17, 15) is 4.39 Å². The summed E-state index contributed by atoms with van der Waals surface area (Å²) in [6.07, 6.45) is 1.48. The van der Waals surface area contributed by atoms with Gasteiger partial charge in [0.2, 0.25) is 0 Å². The van der Waals surface area contributed by atoms with Gasteiger partial charge in [-0.2, -0.15) is 0 Å². The third kappa shape index (κ3) is 2.94. The summed E-state index contributed by atoms with van der Waals surface area (Å²) in [5, 5.41) is 6.14. The molecule has 0 fully saturated rings. The Bertz CT molecular complexity index is 530.